The molecule has 1 rings (SSSR count). The van der Waals surface area contributed by atoms with E-state index in [4.69, 9.17) is 0 Å². The Morgan fingerprint density at radius 2 is 1.92 bits per heavy atom. The van der Waals surface area contributed by atoms with Crippen molar-refractivity contribution in [3.05, 3.63) is 0 Å². The minimum absolute atomic E-state index is 0.244. The van der Waals surface area contributed by atoms with Gasteiger partial charge in [0.1, 0.15) is 0 Å². The highest BCUT2D eigenvalue weighted by molar-refractivity contribution is 5.78. The lowest BCUT2D eigenvalue weighted by atomic mass is 10.0. The molecule has 1 aliphatic heterocycles. The van der Waals surface area contributed by atoms with E-state index in [2.05, 4.69) is 0 Å². The molecule has 1 amide bonds. The summed E-state index contributed by atoms with van der Waals surface area (Å²) in [6.07, 6.45) is 6.05. The van der Waals surface area contributed by atoms with Crippen molar-refractivity contribution in [2.45, 2.75) is 39.0 Å². The summed E-state index contributed by atoms with van der Waals surface area (Å²) in [4.78, 5) is 13.5. The molecule has 0 aliphatic carbocycles. The predicted octanol–water partition coefficient (Wildman–Crippen LogP) is 2.04. The molecule has 2 heteroatoms. The van der Waals surface area contributed by atoms with Crippen molar-refractivity contribution in [3.63, 3.8) is 0 Å². The molecule has 1 aliphatic rings. The first-order valence-corrected chi connectivity index (χ1v) is 4.97. The molecule has 0 aromatic carbocycles. The van der Waals surface area contributed by atoms with E-state index in [1.807, 2.05) is 18.9 Å². The smallest absolute Gasteiger partial charge is 0.225 e. The molecule has 0 N–H and O–H groups in total. The van der Waals surface area contributed by atoms with E-state index in [9.17, 15) is 4.79 Å². The first kappa shape index (κ1) is 9.56. The number of nitrogens with zero attached hydrogens (tertiary/aromatic N) is 1. The Morgan fingerprint density at radius 1 is 1.25 bits per heavy atom. The summed E-state index contributed by atoms with van der Waals surface area (Å²) in [7, 11) is 1.92. The summed E-state index contributed by atoms with van der Waals surface area (Å²) in [5.41, 5.74) is 0. The van der Waals surface area contributed by atoms with Gasteiger partial charge in [0.2, 0.25) is 5.91 Å². The average molecular weight is 169 g/mol. The van der Waals surface area contributed by atoms with Crippen LogP contribution in [0.25, 0.3) is 0 Å². The third-order valence-corrected chi connectivity index (χ3v) is 2.68. The van der Waals surface area contributed by atoms with E-state index >= 15 is 0 Å². The molecular formula is C10H19NO. The van der Waals surface area contributed by atoms with Gasteiger partial charge in [-0.2, -0.15) is 0 Å². The van der Waals surface area contributed by atoms with Gasteiger partial charge in [-0.05, 0) is 12.8 Å². The van der Waals surface area contributed by atoms with Crippen LogP contribution in [0, 0.1) is 5.92 Å². The van der Waals surface area contributed by atoms with Gasteiger partial charge in [-0.25, -0.2) is 0 Å². The van der Waals surface area contributed by atoms with Crippen LogP contribution in [0.1, 0.15) is 39.0 Å². The van der Waals surface area contributed by atoms with Gasteiger partial charge >= 0.3 is 0 Å². The molecule has 0 aromatic heterocycles. The van der Waals surface area contributed by atoms with Gasteiger partial charge in [0.25, 0.3) is 0 Å². The molecule has 0 spiro atoms. The molecule has 1 saturated heterocycles. The Hall–Kier alpha value is -0.530. The fraction of sp³-hybridized carbons (Fsp3) is 0.900. The maximum Gasteiger partial charge on any atom is 0.225 e. The summed E-state index contributed by atoms with van der Waals surface area (Å²) in [6, 6.07) is 0. The molecule has 0 radical (unpaired) electrons. The van der Waals surface area contributed by atoms with Crippen molar-refractivity contribution in [1.29, 1.82) is 0 Å². The fourth-order valence-corrected chi connectivity index (χ4v) is 1.76. The predicted molar refractivity (Wildman–Crippen MR) is 49.9 cm³/mol. The van der Waals surface area contributed by atoms with Crippen molar-refractivity contribution in [2.75, 3.05) is 13.6 Å². The zero-order valence-corrected chi connectivity index (χ0v) is 8.18. The molecule has 0 saturated carbocycles. The first-order chi connectivity index (χ1) is 5.72. The Balaban J connectivity index is 2.50. The first-order valence-electron chi connectivity index (χ1n) is 4.97. The van der Waals surface area contributed by atoms with Crippen molar-refractivity contribution in [3.8, 4) is 0 Å². The molecule has 1 heterocycles. The minimum atomic E-state index is 0.244. The van der Waals surface area contributed by atoms with Gasteiger partial charge in [0.15, 0.2) is 0 Å². The zero-order valence-electron chi connectivity index (χ0n) is 8.18. The zero-order chi connectivity index (χ0) is 8.97. The fourth-order valence-electron chi connectivity index (χ4n) is 1.76. The monoisotopic (exact) mass is 169 g/mol. The van der Waals surface area contributed by atoms with Gasteiger partial charge in [0.05, 0.1) is 0 Å². The normalized spacial score (nSPS) is 27.7. The topological polar surface area (TPSA) is 20.3 Å². The molecule has 2 nitrogen and oxygen atoms in total. The number of rotatable bonds is 0. The second-order valence-electron chi connectivity index (χ2n) is 3.86. The Kier molecular flexibility index (Phi) is 3.57. The number of hydrogen-bond acceptors (Lipinski definition) is 1. The number of amides is 1. The molecule has 1 atom stereocenters. The van der Waals surface area contributed by atoms with Crippen LogP contribution in [0.4, 0.5) is 0 Å². The lowest BCUT2D eigenvalue weighted by molar-refractivity contribution is -0.133. The summed E-state index contributed by atoms with van der Waals surface area (Å²) in [5, 5.41) is 0. The average Bonchev–Trinajstić information content (AvgIpc) is 2.12. The van der Waals surface area contributed by atoms with Crippen LogP contribution in [0.15, 0.2) is 0 Å². The lowest BCUT2D eigenvalue weighted by Crippen LogP contribution is -2.31. The molecule has 0 unspecified atom stereocenters. The summed E-state index contributed by atoms with van der Waals surface area (Å²) in [5.74, 6) is 0.574. The third kappa shape index (κ3) is 2.50. The number of carbonyl (C=O) groups is 1. The van der Waals surface area contributed by atoms with Crippen LogP contribution in [0.3, 0.4) is 0 Å². The van der Waals surface area contributed by atoms with E-state index in [-0.39, 0.29) is 5.92 Å². The maximum atomic E-state index is 11.6. The third-order valence-electron chi connectivity index (χ3n) is 2.68. The lowest BCUT2D eigenvalue weighted by Gasteiger charge is -2.19. The van der Waals surface area contributed by atoms with Gasteiger partial charge in [-0.3, -0.25) is 4.79 Å². The van der Waals surface area contributed by atoms with Gasteiger partial charge in [-0.1, -0.05) is 26.2 Å². The SMILES string of the molecule is C[C@H]1CCCCCCN(C)C1=O. The van der Waals surface area contributed by atoms with E-state index in [1.54, 1.807) is 0 Å². The second-order valence-corrected chi connectivity index (χ2v) is 3.86. The van der Waals surface area contributed by atoms with Crippen LogP contribution in [0.5, 0.6) is 0 Å². The van der Waals surface area contributed by atoms with Crippen molar-refractivity contribution < 1.29 is 4.79 Å². The number of hydrogen-bond donors (Lipinski definition) is 0. The highest BCUT2D eigenvalue weighted by Gasteiger charge is 2.17. The molecule has 0 aromatic rings. The van der Waals surface area contributed by atoms with E-state index < -0.39 is 0 Å². The Morgan fingerprint density at radius 3 is 2.67 bits per heavy atom. The summed E-state index contributed by atoms with van der Waals surface area (Å²) >= 11 is 0. The van der Waals surface area contributed by atoms with Gasteiger partial charge < -0.3 is 4.90 Å². The van der Waals surface area contributed by atoms with Crippen molar-refractivity contribution >= 4 is 5.91 Å². The van der Waals surface area contributed by atoms with Crippen molar-refractivity contribution in [1.82, 2.24) is 4.90 Å². The quantitative estimate of drug-likeness (QED) is 0.543. The van der Waals surface area contributed by atoms with Crippen LogP contribution >= 0.6 is 0 Å². The molecule has 12 heavy (non-hydrogen) atoms. The van der Waals surface area contributed by atoms with E-state index in [0.717, 1.165) is 13.0 Å². The highest BCUT2D eigenvalue weighted by atomic mass is 16.2. The minimum Gasteiger partial charge on any atom is -0.346 e. The summed E-state index contributed by atoms with van der Waals surface area (Å²) < 4.78 is 0. The standard InChI is InChI=1S/C10H19NO/c1-9-7-5-3-4-6-8-11(2)10(9)12/h9H,3-8H2,1-2H3/t9-/m0/s1. The Labute approximate surface area is 74.9 Å². The molecule has 1 fully saturated rings. The Bertz CT molecular complexity index is 140. The van der Waals surface area contributed by atoms with Crippen LogP contribution in [0.2, 0.25) is 0 Å². The van der Waals surface area contributed by atoms with Crippen LogP contribution < -0.4 is 0 Å². The van der Waals surface area contributed by atoms with E-state index in [0.29, 0.717) is 5.91 Å². The van der Waals surface area contributed by atoms with Gasteiger partial charge in [-0.15, -0.1) is 0 Å². The molecule has 70 valence electrons. The van der Waals surface area contributed by atoms with Crippen molar-refractivity contribution in [2.24, 2.45) is 5.92 Å². The molecular weight excluding hydrogens is 150 g/mol. The molecule has 0 bridgehead atoms. The largest absolute Gasteiger partial charge is 0.346 e. The second kappa shape index (κ2) is 4.48. The van der Waals surface area contributed by atoms with Crippen LogP contribution in [-0.2, 0) is 4.79 Å². The summed E-state index contributed by atoms with van der Waals surface area (Å²) in [6.45, 7) is 2.99. The van der Waals surface area contributed by atoms with Crippen LogP contribution in [-0.4, -0.2) is 24.4 Å². The highest BCUT2D eigenvalue weighted by Crippen LogP contribution is 2.15. The van der Waals surface area contributed by atoms with Gasteiger partial charge in [0, 0.05) is 19.5 Å². The van der Waals surface area contributed by atoms with E-state index in [1.165, 1.54) is 25.7 Å². The maximum absolute atomic E-state index is 11.6. The number of carbonyl (C=O) groups excluding carboxylic acids is 1.